The highest BCUT2D eigenvalue weighted by molar-refractivity contribution is 6.32. The summed E-state index contributed by atoms with van der Waals surface area (Å²) in [5.41, 5.74) is 1.03. The van der Waals surface area contributed by atoms with Crippen LogP contribution >= 0.6 is 11.6 Å². The van der Waals surface area contributed by atoms with Crippen molar-refractivity contribution in [2.45, 2.75) is 13.3 Å². The maximum absolute atomic E-state index is 12.1. The van der Waals surface area contributed by atoms with E-state index >= 15 is 0 Å². The highest BCUT2D eigenvalue weighted by atomic mass is 35.5. The first-order valence-electron chi connectivity index (χ1n) is 7.71. The molecule has 1 amide bonds. The quantitative estimate of drug-likeness (QED) is 0.864. The number of nitrogens with one attached hydrogen (secondary N) is 2. The average molecular weight is 325 g/mol. The Morgan fingerprint density at radius 2 is 2.18 bits per heavy atom. The summed E-state index contributed by atoms with van der Waals surface area (Å²) >= 11 is 6.21. The van der Waals surface area contributed by atoms with Crippen molar-refractivity contribution in [2.75, 3.05) is 32.8 Å². The maximum Gasteiger partial charge on any atom is 0.223 e. The zero-order valence-corrected chi connectivity index (χ0v) is 13.4. The third-order valence-electron chi connectivity index (χ3n) is 4.30. The van der Waals surface area contributed by atoms with Crippen molar-refractivity contribution >= 4 is 17.5 Å². The fourth-order valence-electron chi connectivity index (χ4n) is 2.68. The minimum Gasteiger partial charge on any atom is -0.486 e. The molecule has 0 aliphatic carbocycles. The van der Waals surface area contributed by atoms with Gasteiger partial charge in [-0.3, -0.25) is 4.79 Å². The van der Waals surface area contributed by atoms with E-state index in [1.165, 1.54) is 0 Å². The molecule has 1 aromatic carbocycles. The lowest BCUT2D eigenvalue weighted by molar-refractivity contribution is -0.126. The second kappa shape index (κ2) is 6.75. The number of fused-ring (bicyclic) bond motifs is 1. The highest BCUT2D eigenvalue weighted by Gasteiger charge is 2.28. The Balaban J connectivity index is 1.53. The summed E-state index contributed by atoms with van der Waals surface area (Å²) < 4.78 is 11.1. The molecule has 1 saturated heterocycles. The van der Waals surface area contributed by atoms with E-state index in [1.807, 2.05) is 19.1 Å². The van der Waals surface area contributed by atoms with E-state index in [1.54, 1.807) is 0 Å². The van der Waals surface area contributed by atoms with Gasteiger partial charge in [0.05, 0.1) is 5.02 Å². The molecule has 6 heteroatoms. The molecule has 1 fully saturated rings. The predicted molar refractivity (Wildman–Crippen MR) is 84.7 cm³/mol. The van der Waals surface area contributed by atoms with E-state index in [0.29, 0.717) is 42.2 Å². The third kappa shape index (κ3) is 3.31. The normalized spacial score (nSPS) is 18.5. The second-order valence-corrected chi connectivity index (χ2v) is 6.26. The van der Waals surface area contributed by atoms with Gasteiger partial charge in [-0.15, -0.1) is 0 Å². The van der Waals surface area contributed by atoms with Gasteiger partial charge in [0, 0.05) is 12.5 Å². The van der Waals surface area contributed by atoms with Gasteiger partial charge in [-0.1, -0.05) is 18.5 Å². The summed E-state index contributed by atoms with van der Waals surface area (Å²) in [6.07, 6.45) is 0.720. The first-order chi connectivity index (χ1) is 10.6. The molecular weight excluding hydrogens is 304 g/mol. The number of amides is 1. The maximum atomic E-state index is 12.1. The average Bonchev–Trinajstić information content (AvgIpc) is 2.45. The van der Waals surface area contributed by atoms with Gasteiger partial charge in [0.1, 0.15) is 13.2 Å². The number of hydrogen-bond acceptors (Lipinski definition) is 4. The molecule has 3 rings (SSSR count). The molecule has 2 heterocycles. The van der Waals surface area contributed by atoms with E-state index < -0.39 is 0 Å². The number of carbonyl (C=O) groups excluding carboxylic acids is 1. The lowest BCUT2D eigenvalue weighted by Gasteiger charge is -2.31. The molecule has 1 atom stereocenters. The van der Waals surface area contributed by atoms with Crippen LogP contribution in [0.2, 0.25) is 5.02 Å². The number of ether oxygens (including phenoxy) is 2. The molecule has 2 N–H and O–H groups in total. The van der Waals surface area contributed by atoms with Crippen LogP contribution in [-0.2, 0) is 11.2 Å². The van der Waals surface area contributed by atoms with E-state index in [2.05, 4.69) is 10.6 Å². The zero-order chi connectivity index (χ0) is 15.5. The summed E-state index contributed by atoms with van der Waals surface area (Å²) in [6.45, 7) is 5.52. The Bertz CT molecular complexity index is 561. The molecule has 0 radical (unpaired) electrons. The van der Waals surface area contributed by atoms with Crippen molar-refractivity contribution in [1.82, 2.24) is 10.6 Å². The Morgan fingerprint density at radius 1 is 1.41 bits per heavy atom. The highest BCUT2D eigenvalue weighted by Crippen LogP contribution is 2.38. The van der Waals surface area contributed by atoms with Gasteiger partial charge >= 0.3 is 0 Å². The molecule has 2 aliphatic heterocycles. The third-order valence-corrected chi connectivity index (χ3v) is 4.58. The van der Waals surface area contributed by atoms with Crippen LogP contribution in [0.15, 0.2) is 12.1 Å². The van der Waals surface area contributed by atoms with Gasteiger partial charge < -0.3 is 20.1 Å². The van der Waals surface area contributed by atoms with Crippen molar-refractivity contribution in [3.63, 3.8) is 0 Å². The van der Waals surface area contributed by atoms with E-state index in [4.69, 9.17) is 21.1 Å². The summed E-state index contributed by atoms with van der Waals surface area (Å²) in [5.74, 6) is 1.95. The first kappa shape index (κ1) is 15.4. The van der Waals surface area contributed by atoms with Crippen LogP contribution in [0, 0.1) is 11.8 Å². The molecule has 120 valence electrons. The topological polar surface area (TPSA) is 59.6 Å². The fraction of sp³-hybridized carbons (Fsp3) is 0.562. The van der Waals surface area contributed by atoms with Crippen LogP contribution < -0.4 is 20.1 Å². The van der Waals surface area contributed by atoms with E-state index in [9.17, 15) is 4.79 Å². The number of rotatable bonds is 5. The van der Waals surface area contributed by atoms with E-state index in [-0.39, 0.29) is 11.8 Å². The van der Waals surface area contributed by atoms with Crippen LogP contribution in [0.25, 0.3) is 0 Å². The lowest BCUT2D eigenvalue weighted by Crippen LogP contribution is -2.49. The molecule has 1 aromatic rings. The van der Waals surface area contributed by atoms with Gasteiger partial charge in [0.15, 0.2) is 11.5 Å². The van der Waals surface area contributed by atoms with Gasteiger partial charge in [-0.05, 0) is 43.1 Å². The van der Waals surface area contributed by atoms with Crippen molar-refractivity contribution < 1.29 is 14.3 Å². The fourth-order valence-corrected chi connectivity index (χ4v) is 2.97. The van der Waals surface area contributed by atoms with E-state index in [0.717, 1.165) is 25.1 Å². The predicted octanol–water partition coefficient (Wildman–Crippen LogP) is 1.63. The van der Waals surface area contributed by atoms with Gasteiger partial charge in [0.25, 0.3) is 0 Å². The van der Waals surface area contributed by atoms with Gasteiger partial charge in [-0.25, -0.2) is 0 Å². The van der Waals surface area contributed by atoms with Crippen molar-refractivity contribution in [3.05, 3.63) is 22.7 Å². The molecule has 5 nitrogen and oxygen atoms in total. The zero-order valence-electron chi connectivity index (χ0n) is 12.7. The second-order valence-electron chi connectivity index (χ2n) is 5.85. The smallest absolute Gasteiger partial charge is 0.223 e. The van der Waals surface area contributed by atoms with Crippen molar-refractivity contribution in [3.8, 4) is 11.5 Å². The summed E-state index contributed by atoms with van der Waals surface area (Å²) in [6, 6.07) is 3.81. The van der Waals surface area contributed by atoms with Crippen LogP contribution in [0.1, 0.15) is 12.5 Å². The van der Waals surface area contributed by atoms with Crippen LogP contribution in [0.4, 0.5) is 0 Å². The molecule has 1 unspecified atom stereocenters. The summed E-state index contributed by atoms with van der Waals surface area (Å²) in [7, 11) is 0. The number of halogens is 1. The van der Waals surface area contributed by atoms with Crippen LogP contribution in [0.3, 0.4) is 0 Å². The number of benzene rings is 1. The Labute approximate surface area is 135 Å². The largest absolute Gasteiger partial charge is 0.486 e. The summed E-state index contributed by atoms with van der Waals surface area (Å²) in [5, 5.41) is 6.75. The Morgan fingerprint density at radius 3 is 2.91 bits per heavy atom. The Kier molecular flexibility index (Phi) is 4.74. The summed E-state index contributed by atoms with van der Waals surface area (Å²) in [4.78, 5) is 12.1. The minimum absolute atomic E-state index is 0.0603. The lowest BCUT2D eigenvalue weighted by atomic mass is 9.88. The van der Waals surface area contributed by atoms with Crippen LogP contribution in [0.5, 0.6) is 11.5 Å². The van der Waals surface area contributed by atoms with Gasteiger partial charge in [0.2, 0.25) is 5.91 Å². The SMILES string of the molecule is CC(C(=O)NCCc1cc(Cl)c2c(c1)OCCO2)C1CNC1. The number of hydrogen-bond donors (Lipinski definition) is 2. The monoisotopic (exact) mass is 324 g/mol. The molecular formula is C16H21ClN2O3. The van der Waals surface area contributed by atoms with Crippen molar-refractivity contribution in [2.24, 2.45) is 11.8 Å². The van der Waals surface area contributed by atoms with Gasteiger partial charge in [-0.2, -0.15) is 0 Å². The molecule has 22 heavy (non-hydrogen) atoms. The molecule has 0 spiro atoms. The minimum atomic E-state index is 0.0603. The standard InChI is InChI=1S/C16H21ClN2O3/c1-10(12-8-18-9-12)16(20)19-3-2-11-6-13(17)15-14(7-11)21-4-5-22-15/h6-7,10,12,18H,2-5,8-9H2,1H3,(H,19,20). The first-order valence-corrected chi connectivity index (χ1v) is 8.09. The molecule has 0 aromatic heterocycles. The van der Waals surface area contributed by atoms with Crippen molar-refractivity contribution in [1.29, 1.82) is 0 Å². The molecule has 0 saturated carbocycles. The van der Waals surface area contributed by atoms with Crippen LogP contribution in [-0.4, -0.2) is 38.8 Å². The number of carbonyl (C=O) groups is 1. The molecule has 0 bridgehead atoms. The molecule has 2 aliphatic rings. The Hall–Kier alpha value is -1.46.